The van der Waals surface area contributed by atoms with Gasteiger partial charge in [-0.25, -0.2) is 29.9 Å². The molecule has 4 unspecified atom stereocenters. The number of nitrogens with zero attached hydrogens (tertiary/aromatic N) is 6. The van der Waals surface area contributed by atoms with Crippen LogP contribution in [0.5, 0.6) is 23.0 Å². The highest BCUT2D eigenvalue weighted by molar-refractivity contribution is 6.08. The van der Waals surface area contributed by atoms with Crippen LogP contribution in [0.3, 0.4) is 0 Å². The lowest BCUT2D eigenvalue weighted by atomic mass is 9.92. The van der Waals surface area contributed by atoms with Crippen LogP contribution in [0.2, 0.25) is 0 Å². The summed E-state index contributed by atoms with van der Waals surface area (Å²) in [6.07, 6.45) is 25.7. The molecule has 450 valence electrons. The van der Waals surface area contributed by atoms with Gasteiger partial charge < -0.3 is 38.4 Å². The first-order valence-electron chi connectivity index (χ1n) is 32.9. The molecule has 0 saturated heterocycles. The van der Waals surface area contributed by atoms with Crippen molar-refractivity contribution in [1.82, 2.24) is 39.9 Å². The zero-order chi connectivity index (χ0) is 59.0. The van der Waals surface area contributed by atoms with Crippen molar-refractivity contribution < 1.29 is 28.4 Å². The largest absolute Gasteiger partial charge is 0.489 e. The molecule has 0 amide bonds. The number of nitrogens with one attached hydrogen (secondary N) is 2. The SMILES string of the molecule is CCCCC(CC)COc1cc2c3nc4nc(nc5[nH]c(nc6nc(nc([nH]3)c2cc1OCC(CC)CCCC)-c1cc2c(cc1-6)[C@@H]1C=C[C@H]2O1)c1cc(OCC(CC)CCCC)c(OCC(CC)CCCC)cc51)-c1cc2c(cc1-4)[C@@H]1C=C[C@H]2O1. The van der Waals surface area contributed by atoms with Gasteiger partial charge in [0.2, 0.25) is 0 Å². The van der Waals surface area contributed by atoms with Crippen molar-refractivity contribution >= 4 is 44.1 Å². The van der Waals surface area contributed by atoms with Crippen LogP contribution >= 0.6 is 0 Å². The fourth-order valence-electron chi connectivity index (χ4n) is 13.4. The minimum absolute atomic E-state index is 0.145. The number of unbranched alkanes of at least 4 members (excludes halogenated alkanes) is 4. The Kier molecular flexibility index (Phi) is 17.0. The molecular weight excluding hydrogens is 1070 g/mol. The third kappa shape index (κ3) is 11.2. The molecule has 0 spiro atoms. The maximum atomic E-state index is 6.94. The Morgan fingerprint density at radius 1 is 0.349 bits per heavy atom. The highest BCUT2D eigenvalue weighted by Crippen LogP contribution is 2.52. The Bertz CT molecular complexity index is 3420. The summed E-state index contributed by atoms with van der Waals surface area (Å²) in [5.41, 5.74) is 10.3. The summed E-state index contributed by atoms with van der Waals surface area (Å²) in [5.74, 6) is 6.47. The zero-order valence-corrected chi connectivity index (χ0v) is 51.8. The summed E-state index contributed by atoms with van der Waals surface area (Å²) in [4.78, 5) is 40.6. The first-order chi connectivity index (χ1) is 42.2. The van der Waals surface area contributed by atoms with Crippen LogP contribution in [-0.4, -0.2) is 66.3 Å². The average Bonchev–Trinajstić information content (AvgIpc) is 2.73. The van der Waals surface area contributed by atoms with Gasteiger partial charge in [0.25, 0.3) is 0 Å². The Morgan fingerprint density at radius 3 is 0.814 bits per heavy atom. The predicted octanol–water partition coefficient (Wildman–Crippen LogP) is 18.6. The fourth-order valence-corrected chi connectivity index (χ4v) is 13.4. The smallest absolute Gasteiger partial charge is 0.164 e. The molecule has 12 bridgehead atoms. The van der Waals surface area contributed by atoms with Gasteiger partial charge >= 0.3 is 0 Å². The van der Waals surface area contributed by atoms with E-state index in [1.165, 1.54) is 0 Å². The highest BCUT2D eigenvalue weighted by Gasteiger charge is 2.38. The minimum atomic E-state index is -0.145. The lowest BCUT2D eigenvalue weighted by Gasteiger charge is -2.20. The molecular formula is C72H86N8O6. The van der Waals surface area contributed by atoms with E-state index in [9.17, 15) is 0 Å². The molecule has 0 saturated carbocycles. The number of H-pyrrole nitrogens is 2. The van der Waals surface area contributed by atoms with Crippen molar-refractivity contribution in [3.05, 3.63) is 95.1 Å². The van der Waals surface area contributed by atoms with Gasteiger partial charge in [-0.1, -0.05) is 157 Å². The molecule has 4 aromatic carbocycles. The van der Waals surface area contributed by atoms with Gasteiger partial charge in [0.15, 0.2) is 46.3 Å². The fraction of sp³-hybridized carbons (Fsp3) is 0.500. The summed E-state index contributed by atoms with van der Waals surface area (Å²) >= 11 is 0. The molecule has 9 heterocycles. The maximum Gasteiger partial charge on any atom is 0.164 e. The van der Waals surface area contributed by atoms with E-state index in [1.54, 1.807) is 0 Å². The van der Waals surface area contributed by atoms with Crippen molar-refractivity contribution in [1.29, 1.82) is 0 Å². The van der Waals surface area contributed by atoms with Crippen LogP contribution in [0, 0.1) is 23.7 Å². The molecule has 86 heavy (non-hydrogen) atoms. The average molecular weight is 1160 g/mol. The van der Waals surface area contributed by atoms with E-state index < -0.39 is 0 Å². The predicted molar refractivity (Wildman–Crippen MR) is 343 cm³/mol. The Morgan fingerprint density at radius 2 is 0.593 bits per heavy atom. The van der Waals surface area contributed by atoms with Crippen molar-refractivity contribution in [2.24, 2.45) is 23.7 Å². The van der Waals surface area contributed by atoms with E-state index in [4.69, 9.17) is 58.3 Å². The Labute approximate surface area is 506 Å². The molecule has 14 nitrogen and oxygen atoms in total. The zero-order valence-electron chi connectivity index (χ0n) is 51.8. The van der Waals surface area contributed by atoms with Gasteiger partial charge in [0, 0.05) is 43.8 Å². The van der Waals surface area contributed by atoms with Crippen LogP contribution in [0.1, 0.15) is 205 Å². The van der Waals surface area contributed by atoms with Gasteiger partial charge in [0.05, 0.1) is 26.4 Å². The van der Waals surface area contributed by atoms with Crippen molar-refractivity contribution in [2.75, 3.05) is 26.4 Å². The third-order valence-electron chi connectivity index (χ3n) is 19.2. The molecule has 6 aliphatic rings. The maximum absolute atomic E-state index is 6.94. The van der Waals surface area contributed by atoms with Crippen molar-refractivity contribution in [3.8, 4) is 68.5 Å². The molecule has 2 N–H and O–H groups in total. The third-order valence-corrected chi connectivity index (χ3v) is 19.2. The first-order valence-corrected chi connectivity index (χ1v) is 32.9. The standard InChI is InChI=1S/C72H86N8O6/c1-9-17-21-41(13-5)37-81-61-33-53-54(34-62(61)82-38-42(14-6)22-18-10-2)70-76-66-51-31-47-48(60-28-27-59(47)86-60)32-52(51)68(74-66)78-72-56-36-64(84-40-44(16-8)24-20-12-4)63(83-39-43(15-7)23-19-11-3)35-55(56)71(80-72)77-67-50-30-46-45(57-25-26-58(46)85-57)29-49(50)65(73-67)75-69(53)79-70/h25-36,41-44,57-60H,9-24,37-40H2,1-8H3,(H2,73,74,75,76,77,78,79,80)/t41?,42?,43?,44?,57-,58+,59+,60-. The molecule has 0 radical (unpaired) electrons. The van der Waals surface area contributed by atoms with Crippen LogP contribution in [0.25, 0.3) is 89.7 Å². The van der Waals surface area contributed by atoms with Crippen molar-refractivity contribution in [3.63, 3.8) is 0 Å². The Balaban J connectivity index is 1.07. The van der Waals surface area contributed by atoms with Crippen LogP contribution in [-0.2, 0) is 9.47 Å². The monoisotopic (exact) mass is 1160 g/mol. The molecule has 8 atom stereocenters. The number of hydrogen-bond donors (Lipinski definition) is 2. The van der Waals surface area contributed by atoms with Crippen molar-refractivity contribution in [2.45, 2.75) is 183 Å². The molecule has 0 aliphatic carbocycles. The number of ether oxygens (including phenoxy) is 6. The topological polar surface area (TPSA) is 164 Å². The van der Waals surface area contributed by atoms with Crippen LogP contribution in [0.4, 0.5) is 0 Å². The van der Waals surface area contributed by atoms with Gasteiger partial charge in [-0.05, 0) is 120 Å². The summed E-state index contributed by atoms with van der Waals surface area (Å²) in [7, 11) is 0. The van der Waals surface area contributed by atoms with Crippen LogP contribution < -0.4 is 18.9 Å². The lowest BCUT2D eigenvalue weighted by molar-refractivity contribution is 0.0877. The van der Waals surface area contributed by atoms with Crippen LogP contribution in [0.15, 0.2) is 72.8 Å². The van der Waals surface area contributed by atoms with E-state index in [1.807, 2.05) is 0 Å². The number of rotatable bonds is 28. The first kappa shape index (κ1) is 57.9. The molecule has 0 fully saturated rings. The second-order valence-corrected chi connectivity index (χ2v) is 25.0. The van der Waals surface area contributed by atoms with Gasteiger partial charge in [-0.3, -0.25) is 0 Å². The number of fused-ring (bicyclic) bond motifs is 30. The molecule has 14 heteroatoms. The minimum Gasteiger partial charge on any atom is -0.489 e. The number of hydrogen-bond acceptors (Lipinski definition) is 12. The summed E-state index contributed by atoms with van der Waals surface area (Å²) in [5, 5.41) is 3.31. The van der Waals surface area contributed by atoms with E-state index in [2.05, 4.69) is 138 Å². The van der Waals surface area contributed by atoms with E-state index >= 15 is 0 Å². The van der Waals surface area contributed by atoms with E-state index in [0.717, 1.165) is 169 Å². The molecule has 6 aliphatic heterocycles. The lowest BCUT2D eigenvalue weighted by Crippen LogP contribution is -2.14. The summed E-state index contributed by atoms with van der Waals surface area (Å²) < 4.78 is 40.7. The highest BCUT2D eigenvalue weighted by atomic mass is 16.5. The molecule has 7 aromatic rings. The second-order valence-electron chi connectivity index (χ2n) is 25.0. The van der Waals surface area contributed by atoms with Gasteiger partial charge in [-0.15, -0.1) is 0 Å². The number of aromatic amines is 2. The second kappa shape index (κ2) is 25.3. The van der Waals surface area contributed by atoms with E-state index in [0.29, 0.717) is 119 Å². The quantitative estimate of drug-likeness (QED) is 0.0447. The summed E-state index contributed by atoms with van der Waals surface area (Å²) in [6.45, 7) is 20.4. The van der Waals surface area contributed by atoms with Gasteiger partial charge in [-0.2, -0.15) is 0 Å². The van der Waals surface area contributed by atoms with Gasteiger partial charge in [0.1, 0.15) is 47.0 Å². The summed E-state index contributed by atoms with van der Waals surface area (Å²) in [6, 6.07) is 17.2. The Hall–Kier alpha value is -7.16. The van der Waals surface area contributed by atoms with E-state index in [-0.39, 0.29) is 24.4 Å². The number of aromatic nitrogens is 8. The normalized spacial score (nSPS) is 18.8. The number of benzene rings is 4. The molecule has 3 aromatic heterocycles. The molecule has 13 rings (SSSR count).